The van der Waals surface area contributed by atoms with Crippen LogP contribution >= 0.6 is 0 Å². The SMILES string of the molecule is CN(CC1CCCC1)S(=O)(=O)c1cccc(F)c1CN. The zero-order chi connectivity index (χ0) is 14.8. The Balaban J connectivity index is 2.27. The molecule has 6 heteroatoms. The zero-order valence-electron chi connectivity index (χ0n) is 11.7. The van der Waals surface area contributed by atoms with Crippen molar-refractivity contribution >= 4 is 10.0 Å². The molecule has 20 heavy (non-hydrogen) atoms. The number of rotatable bonds is 5. The van der Waals surface area contributed by atoms with Gasteiger partial charge in [0, 0.05) is 25.7 Å². The highest BCUT2D eigenvalue weighted by Gasteiger charge is 2.28. The number of halogens is 1. The van der Waals surface area contributed by atoms with Crippen molar-refractivity contribution in [3.63, 3.8) is 0 Å². The van der Waals surface area contributed by atoms with Gasteiger partial charge in [-0.25, -0.2) is 17.1 Å². The van der Waals surface area contributed by atoms with E-state index < -0.39 is 15.8 Å². The summed E-state index contributed by atoms with van der Waals surface area (Å²) in [7, 11) is -2.12. The van der Waals surface area contributed by atoms with Crippen LogP contribution in [0.1, 0.15) is 31.2 Å². The molecular weight excluding hydrogens is 279 g/mol. The average molecular weight is 300 g/mol. The standard InChI is InChI=1S/C14H21FN2O2S/c1-17(10-11-5-2-3-6-11)20(18,19)14-8-4-7-13(15)12(14)9-16/h4,7-8,11H,2-3,5-6,9-10,16H2,1H3. The van der Waals surface area contributed by atoms with Crippen molar-refractivity contribution in [1.82, 2.24) is 4.31 Å². The Labute approximate surface area is 119 Å². The van der Waals surface area contributed by atoms with Gasteiger partial charge in [0.25, 0.3) is 0 Å². The van der Waals surface area contributed by atoms with E-state index in [0.29, 0.717) is 12.5 Å². The van der Waals surface area contributed by atoms with Gasteiger partial charge in [0.2, 0.25) is 10.0 Å². The van der Waals surface area contributed by atoms with Gasteiger partial charge in [-0.1, -0.05) is 18.9 Å². The molecule has 0 bridgehead atoms. The van der Waals surface area contributed by atoms with Gasteiger partial charge >= 0.3 is 0 Å². The number of sulfonamides is 1. The lowest BCUT2D eigenvalue weighted by Crippen LogP contribution is -2.32. The molecule has 0 unspecified atom stereocenters. The first-order valence-electron chi connectivity index (χ1n) is 6.90. The van der Waals surface area contributed by atoms with Crippen LogP contribution in [0.3, 0.4) is 0 Å². The molecule has 0 aliphatic heterocycles. The molecular formula is C14H21FN2O2S. The Morgan fingerprint density at radius 3 is 2.60 bits per heavy atom. The predicted octanol–water partition coefficient (Wildman–Crippen LogP) is 2.10. The first-order valence-corrected chi connectivity index (χ1v) is 8.34. The van der Waals surface area contributed by atoms with E-state index in [1.807, 2.05) is 0 Å². The van der Waals surface area contributed by atoms with Gasteiger partial charge < -0.3 is 5.73 Å². The molecule has 0 aromatic heterocycles. The van der Waals surface area contributed by atoms with Crippen molar-refractivity contribution in [3.05, 3.63) is 29.6 Å². The second-order valence-electron chi connectivity index (χ2n) is 5.36. The minimum absolute atomic E-state index is 0.0134. The lowest BCUT2D eigenvalue weighted by atomic mass is 10.1. The second kappa shape index (κ2) is 6.20. The van der Waals surface area contributed by atoms with Crippen LogP contribution in [0.4, 0.5) is 4.39 Å². The summed E-state index contributed by atoms with van der Waals surface area (Å²) in [6.45, 7) is 0.362. The minimum atomic E-state index is -3.68. The normalized spacial score (nSPS) is 17.0. The number of hydrogen-bond donors (Lipinski definition) is 1. The van der Waals surface area contributed by atoms with Crippen LogP contribution in [0.5, 0.6) is 0 Å². The van der Waals surface area contributed by atoms with Gasteiger partial charge in [-0.3, -0.25) is 0 Å². The quantitative estimate of drug-likeness (QED) is 0.905. The van der Waals surface area contributed by atoms with E-state index in [2.05, 4.69) is 0 Å². The fraction of sp³-hybridized carbons (Fsp3) is 0.571. The molecule has 0 saturated heterocycles. The molecule has 1 saturated carbocycles. The van der Waals surface area contributed by atoms with Gasteiger partial charge in [0.1, 0.15) is 5.82 Å². The van der Waals surface area contributed by atoms with E-state index in [9.17, 15) is 12.8 Å². The zero-order valence-corrected chi connectivity index (χ0v) is 12.5. The van der Waals surface area contributed by atoms with Crippen LogP contribution in [0, 0.1) is 11.7 Å². The molecule has 4 nitrogen and oxygen atoms in total. The number of benzene rings is 1. The van der Waals surface area contributed by atoms with Crippen molar-refractivity contribution in [1.29, 1.82) is 0 Å². The Morgan fingerprint density at radius 1 is 1.35 bits per heavy atom. The summed E-state index contributed by atoms with van der Waals surface area (Å²) in [4.78, 5) is -0.0134. The lowest BCUT2D eigenvalue weighted by Gasteiger charge is -2.22. The Kier molecular flexibility index (Phi) is 4.78. The van der Waals surface area contributed by atoms with Gasteiger partial charge in [-0.15, -0.1) is 0 Å². The molecule has 1 aliphatic rings. The molecule has 0 spiro atoms. The van der Waals surface area contributed by atoms with E-state index >= 15 is 0 Å². The average Bonchev–Trinajstić information content (AvgIpc) is 2.91. The molecule has 1 fully saturated rings. The van der Waals surface area contributed by atoms with E-state index in [0.717, 1.165) is 25.7 Å². The molecule has 112 valence electrons. The molecule has 1 aliphatic carbocycles. The molecule has 1 aromatic rings. The van der Waals surface area contributed by atoms with Crippen LogP contribution in [-0.2, 0) is 16.6 Å². The Morgan fingerprint density at radius 2 is 2.00 bits per heavy atom. The summed E-state index contributed by atoms with van der Waals surface area (Å²) in [6, 6.07) is 4.06. The maximum atomic E-state index is 13.7. The third-order valence-electron chi connectivity index (χ3n) is 3.96. The third-order valence-corrected chi connectivity index (χ3v) is 5.87. The summed E-state index contributed by atoms with van der Waals surface area (Å²) in [6.07, 6.45) is 4.44. The molecule has 0 amide bonds. The van der Waals surface area contributed by atoms with E-state index in [-0.39, 0.29) is 17.0 Å². The fourth-order valence-corrected chi connectivity index (χ4v) is 4.29. The van der Waals surface area contributed by atoms with Gasteiger partial charge in [-0.05, 0) is 30.9 Å². The first kappa shape index (κ1) is 15.4. The summed E-state index contributed by atoms with van der Waals surface area (Å²) < 4.78 is 40.1. The molecule has 0 atom stereocenters. The Bertz CT molecular complexity index is 569. The maximum absolute atomic E-state index is 13.7. The summed E-state index contributed by atoms with van der Waals surface area (Å²) in [5.74, 6) is -0.160. The summed E-state index contributed by atoms with van der Waals surface area (Å²) in [5.41, 5.74) is 5.55. The van der Waals surface area contributed by atoms with Crippen LogP contribution < -0.4 is 5.73 Å². The summed E-state index contributed by atoms with van der Waals surface area (Å²) in [5, 5.41) is 0. The van der Waals surface area contributed by atoms with E-state index in [1.54, 1.807) is 7.05 Å². The van der Waals surface area contributed by atoms with Crippen molar-refractivity contribution in [3.8, 4) is 0 Å². The first-order chi connectivity index (χ1) is 9.46. The highest BCUT2D eigenvalue weighted by Crippen LogP contribution is 2.28. The van der Waals surface area contributed by atoms with Crippen LogP contribution in [0.2, 0.25) is 0 Å². The van der Waals surface area contributed by atoms with Crippen molar-refractivity contribution in [2.24, 2.45) is 11.7 Å². The van der Waals surface area contributed by atoms with Crippen LogP contribution in [-0.4, -0.2) is 26.3 Å². The maximum Gasteiger partial charge on any atom is 0.243 e. The van der Waals surface area contributed by atoms with Crippen LogP contribution in [0.25, 0.3) is 0 Å². The monoisotopic (exact) mass is 300 g/mol. The fourth-order valence-electron chi connectivity index (χ4n) is 2.80. The van der Waals surface area contributed by atoms with E-state index in [1.165, 1.54) is 22.5 Å². The van der Waals surface area contributed by atoms with Crippen LogP contribution in [0.15, 0.2) is 23.1 Å². The number of hydrogen-bond acceptors (Lipinski definition) is 3. The smallest absolute Gasteiger partial charge is 0.243 e. The Hall–Kier alpha value is -0.980. The highest BCUT2D eigenvalue weighted by atomic mass is 32.2. The topological polar surface area (TPSA) is 63.4 Å². The number of nitrogens with two attached hydrogens (primary N) is 1. The lowest BCUT2D eigenvalue weighted by molar-refractivity contribution is 0.386. The van der Waals surface area contributed by atoms with Gasteiger partial charge in [0.15, 0.2) is 0 Å². The van der Waals surface area contributed by atoms with E-state index in [4.69, 9.17) is 5.73 Å². The molecule has 0 heterocycles. The highest BCUT2D eigenvalue weighted by molar-refractivity contribution is 7.89. The van der Waals surface area contributed by atoms with Crippen molar-refractivity contribution < 1.29 is 12.8 Å². The van der Waals surface area contributed by atoms with Gasteiger partial charge in [0.05, 0.1) is 4.90 Å². The van der Waals surface area contributed by atoms with Crippen molar-refractivity contribution in [2.75, 3.05) is 13.6 Å². The molecule has 2 N–H and O–H groups in total. The minimum Gasteiger partial charge on any atom is -0.326 e. The molecule has 1 aromatic carbocycles. The third kappa shape index (κ3) is 3.02. The second-order valence-corrected chi connectivity index (χ2v) is 7.37. The van der Waals surface area contributed by atoms with Crippen molar-refractivity contribution in [2.45, 2.75) is 37.1 Å². The van der Waals surface area contributed by atoms with Gasteiger partial charge in [-0.2, -0.15) is 0 Å². The predicted molar refractivity (Wildman–Crippen MR) is 76.1 cm³/mol. The number of nitrogens with zero attached hydrogens (tertiary/aromatic N) is 1. The molecule has 2 rings (SSSR count). The summed E-state index contributed by atoms with van der Waals surface area (Å²) >= 11 is 0. The molecule has 0 radical (unpaired) electrons. The largest absolute Gasteiger partial charge is 0.326 e.